The van der Waals surface area contributed by atoms with Crippen LogP contribution in [-0.2, 0) is 4.79 Å². The third-order valence-electron chi connectivity index (χ3n) is 6.35. The largest absolute Gasteiger partial charge is 0.356 e. The molecule has 0 spiro atoms. The number of hydrogen-bond donors (Lipinski definition) is 2. The summed E-state index contributed by atoms with van der Waals surface area (Å²) in [5.41, 5.74) is 6.03. The molecule has 0 aromatic rings. The Morgan fingerprint density at radius 2 is 1.71 bits per heavy atom. The van der Waals surface area contributed by atoms with Gasteiger partial charge >= 0.3 is 0 Å². The number of carbonyl (C=O) groups excluding carboxylic acids is 1. The van der Waals surface area contributed by atoms with Crippen LogP contribution in [0.15, 0.2) is 0 Å². The molecule has 0 radical (unpaired) electrons. The van der Waals surface area contributed by atoms with Crippen LogP contribution in [-0.4, -0.2) is 19.0 Å². The fraction of sp³-hybridized carbons (Fsp3) is 0.944. The van der Waals surface area contributed by atoms with Crippen molar-refractivity contribution in [2.24, 2.45) is 34.8 Å². The van der Waals surface area contributed by atoms with Crippen LogP contribution in [0.25, 0.3) is 0 Å². The molecule has 3 nitrogen and oxygen atoms in total. The quantitative estimate of drug-likeness (QED) is 0.757. The van der Waals surface area contributed by atoms with E-state index in [1.807, 2.05) is 0 Å². The molecule has 4 aliphatic carbocycles. The van der Waals surface area contributed by atoms with E-state index >= 15 is 0 Å². The van der Waals surface area contributed by atoms with Gasteiger partial charge in [-0.1, -0.05) is 6.92 Å². The Kier molecular flexibility index (Phi) is 4.58. The highest BCUT2D eigenvalue weighted by molar-refractivity contribution is 5.75. The fourth-order valence-corrected chi connectivity index (χ4v) is 5.69. The summed E-state index contributed by atoms with van der Waals surface area (Å²) >= 11 is 0. The summed E-state index contributed by atoms with van der Waals surface area (Å²) in [5.74, 6) is 3.74. The average molecular weight is 292 g/mol. The number of rotatable bonds is 7. The lowest BCUT2D eigenvalue weighted by molar-refractivity contribution is -0.123. The minimum absolute atomic E-state index is 0.259. The van der Waals surface area contributed by atoms with E-state index in [-0.39, 0.29) is 5.91 Å². The Labute approximate surface area is 129 Å². The van der Waals surface area contributed by atoms with E-state index in [0.29, 0.717) is 17.8 Å². The highest BCUT2D eigenvalue weighted by Crippen LogP contribution is 2.59. The van der Waals surface area contributed by atoms with Crippen molar-refractivity contribution in [2.45, 2.75) is 64.7 Å². The van der Waals surface area contributed by atoms with Crippen molar-refractivity contribution < 1.29 is 4.79 Å². The third-order valence-corrected chi connectivity index (χ3v) is 6.35. The molecule has 3 N–H and O–H groups in total. The van der Waals surface area contributed by atoms with E-state index in [4.69, 9.17) is 5.73 Å². The molecule has 0 aromatic heterocycles. The van der Waals surface area contributed by atoms with Crippen LogP contribution in [0.2, 0.25) is 0 Å². The molecular weight excluding hydrogens is 260 g/mol. The number of hydrogen-bond acceptors (Lipinski definition) is 2. The van der Waals surface area contributed by atoms with Crippen LogP contribution >= 0.6 is 0 Å². The number of carbonyl (C=O) groups is 1. The van der Waals surface area contributed by atoms with Gasteiger partial charge in [0, 0.05) is 13.0 Å². The van der Waals surface area contributed by atoms with Gasteiger partial charge in [0.25, 0.3) is 0 Å². The minimum atomic E-state index is 0.259. The molecule has 4 aliphatic rings. The average Bonchev–Trinajstić information content (AvgIpc) is 2.42. The highest BCUT2D eigenvalue weighted by Gasteiger charge is 2.50. The van der Waals surface area contributed by atoms with Gasteiger partial charge in [-0.15, -0.1) is 0 Å². The van der Waals surface area contributed by atoms with Crippen LogP contribution in [0.5, 0.6) is 0 Å². The minimum Gasteiger partial charge on any atom is -0.356 e. The Hall–Kier alpha value is -0.570. The standard InChI is InChI=1S/C18H32N2O/c1-13(4-5-19)2-3-17(21)20-12-18-9-14-6-15(10-18)8-16(7-14)11-18/h13-16H,2-12,19H2,1H3,(H,20,21). The summed E-state index contributed by atoms with van der Waals surface area (Å²) in [4.78, 5) is 12.1. The van der Waals surface area contributed by atoms with Crippen molar-refractivity contribution in [3.63, 3.8) is 0 Å². The van der Waals surface area contributed by atoms with Gasteiger partial charge in [-0.05, 0) is 87.0 Å². The lowest BCUT2D eigenvalue weighted by Gasteiger charge is -2.56. The van der Waals surface area contributed by atoms with Crippen LogP contribution in [0, 0.1) is 29.1 Å². The monoisotopic (exact) mass is 292 g/mol. The molecule has 1 amide bonds. The Bertz CT molecular complexity index is 344. The van der Waals surface area contributed by atoms with Crippen molar-refractivity contribution >= 4 is 5.91 Å². The SMILES string of the molecule is CC(CCN)CCC(=O)NCC12CC3CC(CC(C3)C1)C2. The number of nitrogens with two attached hydrogens (primary N) is 1. The van der Waals surface area contributed by atoms with Crippen LogP contribution in [0.4, 0.5) is 0 Å². The zero-order chi connectivity index (χ0) is 14.9. The molecule has 4 saturated carbocycles. The summed E-state index contributed by atoms with van der Waals surface area (Å²) in [6, 6.07) is 0. The number of nitrogens with one attached hydrogen (secondary N) is 1. The highest BCUT2D eigenvalue weighted by atomic mass is 16.1. The molecule has 21 heavy (non-hydrogen) atoms. The first-order valence-corrected chi connectivity index (χ1v) is 9.05. The van der Waals surface area contributed by atoms with E-state index in [2.05, 4.69) is 12.2 Å². The topological polar surface area (TPSA) is 55.1 Å². The molecule has 4 rings (SSSR count). The van der Waals surface area contributed by atoms with E-state index in [9.17, 15) is 4.79 Å². The maximum atomic E-state index is 12.1. The summed E-state index contributed by atoms with van der Waals surface area (Å²) in [5, 5.41) is 3.27. The fourth-order valence-electron chi connectivity index (χ4n) is 5.69. The Balaban J connectivity index is 1.43. The van der Waals surface area contributed by atoms with Gasteiger partial charge in [-0.25, -0.2) is 0 Å². The maximum absolute atomic E-state index is 12.1. The molecule has 0 heterocycles. The lowest BCUT2D eigenvalue weighted by atomic mass is 9.49. The predicted octanol–water partition coefficient (Wildman–Crippen LogP) is 3.08. The zero-order valence-corrected chi connectivity index (χ0v) is 13.6. The molecule has 3 heteroatoms. The first kappa shape index (κ1) is 15.3. The van der Waals surface area contributed by atoms with Gasteiger partial charge in [0.05, 0.1) is 0 Å². The first-order valence-electron chi connectivity index (χ1n) is 9.05. The third kappa shape index (κ3) is 3.61. The normalized spacial score (nSPS) is 38.5. The van der Waals surface area contributed by atoms with Gasteiger partial charge in [-0.2, -0.15) is 0 Å². The van der Waals surface area contributed by atoms with Gasteiger partial charge < -0.3 is 11.1 Å². The molecule has 0 aliphatic heterocycles. The van der Waals surface area contributed by atoms with Crippen LogP contribution < -0.4 is 11.1 Å². The first-order chi connectivity index (χ1) is 10.1. The second-order valence-electron chi connectivity index (χ2n) is 8.42. The van der Waals surface area contributed by atoms with Crippen molar-refractivity contribution in [1.29, 1.82) is 0 Å². The van der Waals surface area contributed by atoms with E-state index in [1.54, 1.807) is 0 Å². The van der Waals surface area contributed by atoms with Gasteiger partial charge in [0.2, 0.25) is 5.91 Å². The van der Waals surface area contributed by atoms with Crippen molar-refractivity contribution in [3.8, 4) is 0 Å². The molecule has 0 aromatic carbocycles. The molecule has 120 valence electrons. The molecule has 4 fully saturated rings. The van der Waals surface area contributed by atoms with Crippen molar-refractivity contribution in [3.05, 3.63) is 0 Å². The second kappa shape index (κ2) is 6.28. The van der Waals surface area contributed by atoms with Crippen LogP contribution in [0.3, 0.4) is 0 Å². The van der Waals surface area contributed by atoms with Gasteiger partial charge in [0.1, 0.15) is 0 Å². The van der Waals surface area contributed by atoms with E-state index in [1.165, 1.54) is 38.5 Å². The Morgan fingerprint density at radius 1 is 1.14 bits per heavy atom. The molecule has 0 saturated heterocycles. The number of amides is 1. The molecular formula is C18H32N2O. The van der Waals surface area contributed by atoms with Crippen LogP contribution in [0.1, 0.15) is 64.7 Å². The summed E-state index contributed by atoms with van der Waals surface area (Å²) < 4.78 is 0. The molecule has 1 atom stereocenters. The lowest BCUT2D eigenvalue weighted by Crippen LogP contribution is -2.51. The summed E-state index contributed by atoms with van der Waals surface area (Å²) in [6.45, 7) is 3.87. The molecule has 1 unspecified atom stereocenters. The summed E-state index contributed by atoms with van der Waals surface area (Å²) in [6.07, 6.45) is 11.2. The smallest absolute Gasteiger partial charge is 0.220 e. The maximum Gasteiger partial charge on any atom is 0.220 e. The second-order valence-corrected chi connectivity index (χ2v) is 8.42. The van der Waals surface area contributed by atoms with Crippen molar-refractivity contribution in [2.75, 3.05) is 13.1 Å². The zero-order valence-electron chi connectivity index (χ0n) is 13.6. The Morgan fingerprint density at radius 3 is 2.24 bits per heavy atom. The van der Waals surface area contributed by atoms with Gasteiger partial charge in [-0.3, -0.25) is 4.79 Å². The summed E-state index contributed by atoms with van der Waals surface area (Å²) in [7, 11) is 0. The van der Waals surface area contributed by atoms with E-state index in [0.717, 1.165) is 43.7 Å². The predicted molar refractivity (Wildman–Crippen MR) is 85.7 cm³/mol. The van der Waals surface area contributed by atoms with Gasteiger partial charge in [0.15, 0.2) is 0 Å². The van der Waals surface area contributed by atoms with Crippen molar-refractivity contribution in [1.82, 2.24) is 5.32 Å². The molecule has 4 bridgehead atoms. The van der Waals surface area contributed by atoms with E-state index < -0.39 is 0 Å².